The van der Waals surface area contributed by atoms with E-state index in [2.05, 4.69) is 33.1 Å². The van der Waals surface area contributed by atoms with Gasteiger partial charge in [-0.05, 0) is 45.7 Å². The number of hydrazine groups is 1. The van der Waals surface area contributed by atoms with Crippen LogP contribution < -0.4 is 11.3 Å². The molecule has 0 bridgehead atoms. The highest BCUT2D eigenvalue weighted by molar-refractivity contribution is 6.31. The molecule has 3 nitrogen and oxygen atoms in total. The first-order valence-electron chi connectivity index (χ1n) is 6.67. The van der Waals surface area contributed by atoms with Gasteiger partial charge in [-0.2, -0.15) is 0 Å². The fourth-order valence-corrected chi connectivity index (χ4v) is 3.53. The van der Waals surface area contributed by atoms with E-state index < -0.39 is 0 Å². The molecule has 4 heteroatoms. The molecule has 1 saturated heterocycles. The number of ether oxygens (including phenoxy) is 1. The minimum atomic E-state index is -0.236. The Labute approximate surface area is 120 Å². The van der Waals surface area contributed by atoms with Crippen LogP contribution in [0.15, 0.2) is 24.3 Å². The van der Waals surface area contributed by atoms with E-state index in [0.29, 0.717) is 0 Å². The van der Waals surface area contributed by atoms with Gasteiger partial charge in [-0.25, -0.2) is 0 Å². The van der Waals surface area contributed by atoms with Gasteiger partial charge < -0.3 is 4.74 Å². The Kier molecular flexibility index (Phi) is 3.94. The zero-order valence-electron chi connectivity index (χ0n) is 12.0. The number of nitrogens with one attached hydrogen (secondary N) is 1. The minimum Gasteiger partial charge on any atom is -0.369 e. The van der Waals surface area contributed by atoms with E-state index in [1.807, 2.05) is 24.3 Å². The van der Waals surface area contributed by atoms with Crippen LogP contribution in [0.4, 0.5) is 0 Å². The third-order valence-corrected chi connectivity index (χ3v) is 4.31. The van der Waals surface area contributed by atoms with Crippen LogP contribution in [-0.2, 0) is 4.74 Å². The molecule has 19 heavy (non-hydrogen) atoms. The highest BCUT2D eigenvalue weighted by Crippen LogP contribution is 2.48. The molecule has 2 rings (SSSR count). The molecular weight excluding hydrogens is 260 g/mol. The summed E-state index contributed by atoms with van der Waals surface area (Å²) in [6.45, 7) is 8.48. The SMILES string of the molecule is CC1(C)CC(C(NN)c2ccccc2Cl)C(C)(C)O1. The summed E-state index contributed by atoms with van der Waals surface area (Å²) in [6.07, 6.45) is 0.945. The van der Waals surface area contributed by atoms with Gasteiger partial charge in [0.2, 0.25) is 0 Å². The zero-order valence-corrected chi connectivity index (χ0v) is 12.8. The molecule has 0 amide bonds. The van der Waals surface area contributed by atoms with E-state index in [9.17, 15) is 0 Å². The average molecular weight is 283 g/mol. The van der Waals surface area contributed by atoms with Crippen LogP contribution in [0.3, 0.4) is 0 Å². The van der Waals surface area contributed by atoms with Gasteiger partial charge in [-0.15, -0.1) is 0 Å². The van der Waals surface area contributed by atoms with Crippen molar-refractivity contribution in [2.75, 3.05) is 0 Å². The Bertz CT molecular complexity index is 459. The molecule has 106 valence electrons. The second-order valence-corrected chi connectivity index (χ2v) is 6.85. The lowest BCUT2D eigenvalue weighted by Gasteiger charge is -2.33. The molecule has 1 aromatic rings. The van der Waals surface area contributed by atoms with Gasteiger partial charge in [0.1, 0.15) is 0 Å². The summed E-state index contributed by atoms with van der Waals surface area (Å²) in [5, 5.41) is 0.742. The van der Waals surface area contributed by atoms with Gasteiger partial charge in [0.05, 0.1) is 17.2 Å². The Morgan fingerprint density at radius 3 is 2.42 bits per heavy atom. The van der Waals surface area contributed by atoms with E-state index in [1.165, 1.54) is 0 Å². The summed E-state index contributed by atoms with van der Waals surface area (Å²) in [5.41, 5.74) is 3.59. The Morgan fingerprint density at radius 2 is 1.95 bits per heavy atom. The lowest BCUT2D eigenvalue weighted by Crippen LogP contribution is -2.41. The van der Waals surface area contributed by atoms with Crippen molar-refractivity contribution in [3.63, 3.8) is 0 Å². The van der Waals surface area contributed by atoms with Gasteiger partial charge in [-0.3, -0.25) is 11.3 Å². The summed E-state index contributed by atoms with van der Waals surface area (Å²) in [6, 6.07) is 7.83. The standard InChI is InChI=1S/C15H23ClN2O/c1-14(2)9-11(15(3,4)19-14)13(18-17)10-7-5-6-8-12(10)16/h5-8,11,13,18H,9,17H2,1-4H3. The van der Waals surface area contributed by atoms with Crippen molar-refractivity contribution in [3.05, 3.63) is 34.9 Å². The monoisotopic (exact) mass is 282 g/mol. The van der Waals surface area contributed by atoms with E-state index in [1.54, 1.807) is 0 Å². The largest absolute Gasteiger partial charge is 0.369 e. The van der Waals surface area contributed by atoms with Crippen LogP contribution in [0.25, 0.3) is 0 Å². The molecule has 0 aromatic heterocycles. The van der Waals surface area contributed by atoms with Crippen LogP contribution in [0, 0.1) is 5.92 Å². The van der Waals surface area contributed by atoms with Crippen molar-refractivity contribution in [2.45, 2.75) is 51.4 Å². The predicted molar refractivity (Wildman–Crippen MR) is 78.9 cm³/mol. The Morgan fingerprint density at radius 1 is 1.32 bits per heavy atom. The van der Waals surface area contributed by atoms with Crippen molar-refractivity contribution in [2.24, 2.45) is 11.8 Å². The number of hydrogen-bond acceptors (Lipinski definition) is 3. The van der Waals surface area contributed by atoms with Crippen LogP contribution in [0.2, 0.25) is 5.02 Å². The Balaban J connectivity index is 2.36. The van der Waals surface area contributed by atoms with E-state index >= 15 is 0 Å². The fraction of sp³-hybridized carbons (Fsp3) is 0.600. The summed E-state index contributed by atoms with van der Waals surface area (Å²) >= 11 is 6.30. The zero-order chi connectivity index (χ0) is 14.3. The molecule has 0 radical (unpaired) electrons. The highest BCUT2D eigenvalue weighted by atomic mass is 35.5. The van der Waals surface area contributed by atoms with Gasteiger partial charge in [0, 0.05) is 10.9 Å². The topological polar surface area (TPSA) is 47.3 Å². The summed E-state index contributed by atoms with van der Waals surface area (Å²) in [4.78, 5) is 0. The van der Waals surface area contributed by atoms with E-state index in [-0.39, 0.29) is 23.2 Å². The van der Waals surface area contributed by atoms with E-state index in [0.717, 1.165) is 17.0 Å². The predicted octanol–water partition coefficient (Wildman–Crippen LogP) is 3.44. The van der Waals surface area contributed by atoms with Gasteiger partial charge in [0.25, 0.3) is 0 Å². The number of halogens is 1. The number of rotatable bonds is 3. The number of nitrogens with two attached hydrogens (primary N) is 1. The first kappa shape index (κ1) is 14.8. The summed E-state index contributed by atoms with van der Waals surface area (Å²) in [5.74, 6) is 6.07. The molecule has 0 spiro atoms. The van der Waals surface area contributed by atoms with Crippen molar-refractivity contribution < 1.29 is 4.74 Å². The first-order chi connectivity index (χ1) is 8.77. The molecule has 2 atom stereocenters. The van der Waals surface area contributed by atoms with E-state index in [4.69, 9.17) is 22.2 Å². The maximum Gasteiger partial charge on any atom is 0.0681 e. The molecule has 1 aliphatic rings. The maximum atomic E-state index is 6.30. The van der Waals surface area contributed by atoms with Crippen LogP contribution >= 0.6 is 11.6 Å². The van der Waals surface area contributed by atoms with Gasteiger partial charge in [-0.1, -0.05) is 29.8 Å². The third-order valence-electron chi connectivity index (χ3n) is 3.97. The highest BCUT2D eigenvalue weighted by Gasteiger charge is 2.49. The Hall–Kier alpha value is -0.610. The summed E-state index contributed by atoms with van der Waals surface area (Å²) < 4.78 is 6.15. The smallest absolute Gasteiger partial charge is 0.0681 e. The van der Waals surface area contributed by atoms with Crippen LogP contribution in [0.1, 0.15) is 45.7 Å². The summed E-state index contributed by atoms with van der Waals surface area (Å²) in [7, 11) is 0. The number of hydrogen-bond donors (Lipinski definition) is 2. The quantitative estimate of drug-likeness (QED) is 0.659. The first-order valence-corrected chi connectivity index (χ1v) is 7.05. The minimum absolute atomic E-state index is 0.00882. The van der Waals surface area contributed by atoms with Crippen molar-refractivity contribution in [1.82, 2.24) is 5.43 Å². The molecule has 1 heterocycles. The van der Waals surface area contributed by atoms with Gasteiger partial charge >= 0.3 is 0 Å². The molecule has 0 aliphatic carbocycles. The van der Waals surface area contributed by atoms with Gasteiger partial charge in [0.15, 0.2) is 0 Å². The van der Waals surface area contributed by atoms with Crippen molar-refractivity contribution in [1.29, 1.82) is 0 Å². The second kappa shape index (κ2) is 5.06. The molecule has 2 unspecified atom stereocenters. The van der Waals surface area contributed by atoms with Crippen LogP contribution in [-0.4, -0.2) is 11.2 Å². The second-order valence-electron chi connectivity index (χ2n) is 6.44. The fourth-order valence-electron chi connectivity index (χ4n) is 3.27. The lowest BCUT2D eigenvalue weighted by molar-refractivity contribution is -0.0778. The molecule has 1 fully saturated rings. The normalized spacial score (nSPS) is 26.3. The van der Waals surface area contributed by atoms with Crippen LogP contribution in [0.5, 0.6) is 0 Å². The lowest BCUT2D eigenvalue weighted by atomic mass is 9.79. The van der Waals surface area contributed by atoms with Crippen molar-refractivity contribution in [3.8, 4) is 0 Å². The molecule has 1 aromatic carbocycles. The maximum absolute atomic E-state index is 6.30. The third kappa shape index (κ3) is 2.95. The molecule has 0 saturated carbocycles. The number of benzene rings is 1. The molecular formula is C15H23ClN2O. The van der Waals surface area contributed by atoms with Crippen molar-refractivity contribution >= 4 is 11.6 Å². The molecule has 3 N–H and O–H groups in total. The average Bonchev–Trinajstić information content (AvgIpc) is 2.51. The molecule has 1 aliphatic heterocycles.